The maximum absolute atomic E-state index is 12.3. The molecule has 116 valence electrons. The Morgan fingerprint density at radius 1 is 1.52 bits per heavy atom. The van der Waals surface area contributed by atoms with E-state index in [4.69, 9.17) is 5.11 Å². The molecule has 0 radical (unpaired) electrons. The molecule has 1 aromatic heterocycles. The van der Waals surface area contributed by atoms with E-state index in [1.165, 1.54) is 6.20 Å². The summed E-state index contributed by atoms with van der Waals surface area (Å²) in [6.45, 7) is 4.55. The predicted octanol–water partition coefficient (Wildman–Crippen LogP) is -0.0810. The second-order valence-electron chi connectivity index (χ2n) is 5.31. The number of hydrogen-bond acceptors (Lipinski definition) is 5. The summed E-state index contributed by atoms with van der Waals surface area (Å²) < 4.78 is 1.15. The number of likely N-dealkylation sites (tertiary alicyclic amines) is 1. The Morgan fingerprint density at radius 2 is 2.29 bits per heavy atom. The maximum atomic E-state index is 12.3. The van der Waals surface area contributed by atoms with Gasteiger partial charge in [0.2, 0.25) is 0 Å². The SMILES string of the molecule is CCN1CCCC1CN(C)C(=O)c1cn(CC(=O)O)nn1. The largest absolute Gasteiger partial charge is 0.480 e. The predicted molar refractivity (Wildman–Crippen MR) is 74.9 cm³/mol. The van der Waals surface area contributed by atoms with Gasteiger partial charge in [-0.2, -0.15) is 0 Å². The van der Waals surface area contributed by atoms with Gasteiger partial charge >= 0.3 is 5.97 Å². The monoisotopic (exact) mass is 295 g/mol. The molecule has 2 rings (SSSR count). The van der Waals surface area contributed by atoms with E-state index in [1.807, 2.05) is 0 Å². The van der Waals surface area contributed by atoms with Crippen LogP contribution < -0.4 is 0 Å². The topological polar surface area (TPSA) is 91.6 Å². The first-order valence-corrected chi connectivity index (χ1v) is 7.12. The fraction of sp³-hybridized carbons (Fsp3) is 0.692. The number of rotatable bonds is 6. The van der Waals surface area contributed by atoms with Crippen LogP contribution >= 0.6 is 0 Å². The lowest BCUT2D eigenvalue weighted by Crippen LogP contribution is -2.41. The Kier molecular flexibility index (Phi) is 4.89. The van der Waals surface area contributed by atoms with Crippen molar-refractivity contribution >= 4 is 11.9 Å². The van der Waals surface area contributed by atoms with Crippen molar-refractivity contribution in [3.8, 4) is 0 Å². The van der Waals surface area contributed by atoms with E-state index in [1.54, 1.807) is 11.9 Å². The highest BCUT2D eigenvalue weighted by atomic mass is 16.4. The molecule has 0 saturated carbocycles. The third kappa shape index (κ3) is 3.78. The number of hydrogen-bond donors (Lipinski definition) is 1. The maximum Gasteiger partial charge on any atom is 0.325 e. The van der Waals surface area contributed by atoms with Crippen LogP contribution in [-0.2, 0) is 11.3 Å². The Bertz CT molecular complexity index is 516. The number of carbonyl (C=O) groups is 2. The molecule has 8 heteroatoms. The van der Waals surface area contributed by atoms with Gasteiger partial charge in [0.05, 0.1) is 6.20 Å². The number of amides is 1. The molecule has 0 aromatic carbocycles. The zero-order chi connectivity index (χ0) is 15.4. The average Bonchev–Trinajstić information content (AvgIpc) is 3.06. The third-order valence-electron chi connectivity index (χ3n) is 3.79. The van der Waals surface area contributed by atoms with E-state index >= 15 is 0 Å². The highest BCUT2D eigenvalue weighted by Crippen LogP contribution is 2.17. The van der Waals surface area contributed by atoms with Crippen molar-refractivity contribution < 1.29 is 14.7 Å². The zero-order valence-corrected chi connectivity index (χ0v) is 12.4. The number of aromatic nitrogens is 3. The van der Waals surface area contributed by atoms with Crippen molar-refractivity contribution in [2.75, 3.05) is 26.7 Å². The van der Waals surface area contributed by atoms with Gasteiger partial charge in [0, 0.05) is 19.6 Å². The third-order valence-corrected chi connectivity index (χ3v) is 3.79. The van der Waals surface area contributed by atoms with Crippen LogP contribution in [0.15, 0.2) is 6.20 Å². The normalized spacial score (nSPS) is 18.9. The van der Waals surface area contributed by atoms with Crippen LogP contribution in [0.25, 0.3) is 0 Å². The minimum Gasteiger partial charge on any atom is -0.480 e. The summed E-state index contributed by atoms with van der Waals surface area (Å²) in [5.41, 5.74) is 0.180. The fourth-order valence-corrected chi connectivity index (χ4v) is 2.73. The lowest BCUT2D eigenvalue weighted by atomic mass is 10.2. The van der Waals surface area contributed by atoms with Gasteiger partial charge in [0.1, 0.15) is 6.54 Å². The van der Waals surface area contributed by atoms with Gasteiger partial charge in [0.25, 0.3) is 5.91 Å². The molecule has 1 aromatic rings. The molecule has 2 heterocycles. The molecule has 1 fully saturated rings. The summed E-state index contributed by atoms with van der Waals surface area (Å²) in [4.78, 5) is 26.9. The summed E-state index contributed by atoms with van der Waals surface area (Å²) in [5, 5.41) is 16.1. The Hall–Kier alpha value is -1.96. The second kappa shape index (κ2) is 6.66. The average molecular weight is 295 g/mol. The first kappa shape index (κ1) is 15.4. The number of carboxylic acid groups (broad SMARTS) is 1. The summed E-state index contributed by atoms with van der Waals surface area (Å²) in [7, 11) is 1.74. The standard InChI is InChI=1S/C13H21N5O3/c1-3-17-6-4-5-10(17)7-16(2)13(21)11-8-18(15-14-11)9-12(19)20/h8,10H,3-7,9H2,1-2H3,(H,19,20). The zero-order valence-electron chi connectivity index (χ0n) is 12.4. The van der Waals surface area contributed by atoms with Crippen molar-refractivity contribution in [1.29, 1.82) is 0 Å². The molecule has 1 aliphatic heterocycles. The molecule has 1 unspecified atom stereocenters. The molecule has 1 saturated heterocycles. The van der Waals surface area contributed by atoms with Crippen LogP contribution in [0.2, 0.25) is 0 Å². The van der Waals surface area contributed by atoms with Gasteiger partial charge in [0.15, 0.2) is 5.69 Å². The minimum absolute atomic E-state index is 0.180. The number of likely N-dealkylation sites (N-methyl/N-ethyl adjacent to an activating group) is 2. The van der Waals surface area contributed by atoms with Crippen molar-refractivity contribution in [3.05, 3.63) is 11.9 Å². The number of carboxylic acids is 1. The highest BCUT2D eigenvalue weighted by molar-refractivity contribution is 5.91. The highest BCUT2D eigenvalue weighted by Gasteiger charge is 2.26. The molecule has 1 amide bonds. The number of carbonyl (C=O) groups excluding carboxylic acids is 1. The van der Waals surface area contributed by atoms with Gasteiger partial charge in [-0.3, -0.25) is 14.5 Å². The van der Waals surface area contributed by atoms with Crippen molar-refractivity contribution in [2.24, 2.45) is 0 Å². The van der Waals surface area contributed by atoms with E-state index < -0.39 is 5.97 Å². The number of nitrogens with zero attached hydrogens (tertiary/aromatic N) is 5. The minimum atomic E-state index is -1.02. The smallest absolute Gasteiger partial charge is 0.325 e. The van der Waals surface area contributed by atoms with E-state index in [2.05, 4.69) is 22.1 Å². The second-order valence-corrected chi connectivity index (χ2v) is 5.31. The Balaban J connectivity index is 1.95. The van der Waals surface area contributed by atoms with E-state index in [-0.39, 0.29) is 18.1 Å². The van der Waals surface area contributed by atoms with Gasteiger partial charge < -0.3 is 10.0 Å². The first-order chi connectivity index (χ1) is 10.0. The summed E-state index contributed by atoms with van der Waals surface area (Å²) in [6, 6.07) is 0.387. The molecule has 0 spiro atoms. The van der Waals surface area contributed by atoms with Crippen LogP contribution in [0.3, 0.4) is 0 Å². The molecule has 0 bridgehead atoms. The molecule has 21 heavy (non-hydrogen) atoms. The molecular weight excluding hydrogens is 274 g/mol. The number of aliphatic carboxylic acids is 1. The van der Waals surface area contributed by atoms with E-state index in [0.717, 1.165) is 30.6 Å². The van der Waals surface area contributed by atoms with E-state index in [9.17, 15) is 9.59 Å². The van der Waals surface area contributed by atoms with Crippen molar-refractivity contribution in [1.82, 2.24) is 24.8 Å². The Labute approximate surface area is 123 Å². The first-order valence-electron chi connectivity index (χ1n) is 7.12. The molecular formula is C13H21N5O3. The van der Waals surface area contributed by atoms with Crippen LogP contribution in [0.4, 0.5) is 0 Å². The Morgan fingerprint density at radius 3 is 2.95 bits per heavy atom. The van der Waals surface area contributed by atoms with Gasteiger partial charge in [-0.1, -0.05) is 12.1 Å². The van der Waals surface area contributed by atoms with Crippen LogP contribution in [0.5, 0.6) is 0 Å². The molecule has 8 nitrogen and oxygen atoms in total. The summed E-state index contributed by atoms with van der Waals surface area (Å²) in [5.74, 6) is -1.24. The quantitative estimate of drug-likeness (QED) is 0.789. The summed E-state index contributed by atoms with van der Waals surface area (Å²) in [6.07, 6.45) is 3.63. The van der Waals surface area contributed by atoms with Crippen molar-refractivity contribution in [3.63, 3.8) is 0 Å². The molecule has 1 aliphatic rings. The van der Waals surface area contributed by atoms with Gasteiger partial charge in [-0.25, -0.2) is 4.68 Å². The van der Waals surface area contributed by atoms with E-state index in [0.29, 0.717) is 12.6 Å². The van der Waals surface area contributed by atoms with Gasteiger partial charge in [-0.15, -0.1) is 5.10 Å². The summed E-state index contributed by atoms with van der Waals surface area (Å²) >= 11 is 0. The van der Waals surface area contributed by atoms with Crippen LogP contribution in [-0.4, -0.2) is 74.5 Å². The molecule has 1 atom stereocenters. The lowest BCUT2D eigenvalue weighted by molar-refractivity contribution is -0.137. The fourth-order valence-electron chi connectivity index (χ4n) is 2.73. The van der Waals surface area contributed by atoms with Crippen LogP contribution in [0.1, 0.15) is 30.3 Å². The van der Waals surface area contributed by atoms with Crippen molar-refractivity contribution in [2.45, 2.75) is 32.4 Å². The van der Waals surface area contributed by atoms with Gasteiger partial charge in [-0.05, 0) is 25.9 Å². The lowest BCUT2D eigenvalue weighted by Gasteiger charge is -2.27. The molecule has 1 N–H and O–H groups in total. The van der Waals surface area contributed by atoms with Crippen LogP contribution in [0, 0.1) is 0 Å². The molecule has 0 aliphatic carbocycles.